The van der Waals surface area contributed by atoms with Gasteiger partial charge in [-0.1, -0.05) is 115 Å². The molecule has 2 aliphatic heterocycles. The van der Waals surface area contributed by atoms with E-state index in [-0.39, 0.29) is 6.29 Å². The monoisotopic (exact) mass is 768 g/mol. The standard InChI is InChI=1S/C55H36N4O/c1-57-54-42-17-8-10-20-51(42)60-52-21-11-18-46(53(52)54)56-55(57)59-47-19-9-7-16-41(47)43-31-38(25-29-49(43)59)39-24-28-48-44(32-39)45-30-36-14-5-6-15-37(36)33-50(45)58(48)40-26-22-35(23-27-40)34-12-3-2-4-13-34/h2-33,55H,1H3. The van der Waals surface area contributed by atoms with Gasteiger partial charge in [-0.3, -0.25) is 0 Å². The fourth-order valence-corrected chi connectivity index (χ4v) is 9.91. The first kappa shape index (κ1) is 33.1. The molecule has 0 spiro atoms. The van der Waals surface area contributed by atoms with Crippen molar-refractivity contribution in [2.24, 2.45) is 4.99 Å². The van der Waals surface area contributed by atoms with Crippen LogP contribution in [0.1, 0.15) is 11.9 Å². The lowest BCUT2D eigenvalue weighted by molar-refractivity contribution is 0.267. The first-order valence-electron chi connectivity index (χ1n) is 20.5. The van der Waals surface area contributed by atoms with Crippen LogP contribution in [-0.2, 0) is 0 Å². The zero-order valence-corrected chi connectivity index (χ0v) is 32.7. The average Bonchev–Trinajstić information content (AvgIpc) is 3.80. The van der Waals surface area contributed by atoms with E-state index in [9.17, 15) is 0 Å². The highest BCUT2D eigenvalue weighted by atomic mass is 16.5. The normalized spacial score (nSPS) is 14.4. The van der Waals surface area contributed by atoms with E-state index >= 15 is 0 Å². The third kappa shape index (κ3) is 4.77. The molecule has 1 atom stereocenters. The van der Waals surface area contributed by atoms with Crippen LogP contribution in [0.2, 0.25) is 0 Å². The molecular weight excluding hydrogens is 733 g/mol. The minimum atomic E-state index is -0.304. The van der Waals surface area contributed by atoms with Crippen molar-refractivity contribution >= 4 is 60.1 Å². The predicted octanol–water partition coefficient (Wildman–Crippen LogP) is 12.4. The van der Waals surface area contributed by atoms with Gasteiger partial charge in [0.25, 0.3) is 0 Å². The van der Waals surface area contributed by atoms with Crippen LogP contribution < -0.4 is 15.3 Å². The molecule has 0 amide bonds. The summed E-state index contributed by atoms with van der Waals surface area (Å²) in [5.74, 6) is 1.71. The summed E-state index contributed by atoms with van der Waals surface area (Å²) in [6, 6.07) is 70.1. The molecule has 4 heterocycles. The molecule has 5 heteroatoms. The van der Waals surface area contributed by atoms with Crippen molar-refractivity contribution in [2.75, 3.05) is 7.05 Å². The molecule has 11 aromatic rings. The van der Waals surface area contributed by atoms with Gasteiger partial charge in [-0.2, -0.15) is 0 Å². The highest BCUT2D eigenvalue weighted by Crippen LogP contribution is 2.42. The summed E-state index contributed by atoms with van der Waals surface area (Å²) < 4.78 is 11.2. The summed E-state index contributed by atoms with van der Waals surface area (Å²) in [7, 11) is 2.16. The summed E-state index contributed by atoms with van der Waals surface area (Å²) in [6.45, 7) is 0. The van der Waals surface area contributed by atoms with Gasteiger partial charge in [0.15, 0.2) is 0 Å². The smallest absolute Gasteiger partial charge is 0.203 e. The van der Waals surface area contributed by atoms with E-state index in [4.69, 9.17) is 9.73 Å². The lowest BCUT2D eigenvalue weighted by Crippen LogP contribution is -2.44. The van der Waals surface area contributed by atoms with E-state index in [1.165, 1.54) is 65.6 Å². The van der Waals surface area contributed by atoms with Gasteiger partial charge in [0.2, 0.25) is 6.29 Å². The maximum Gasteiger partial charge on any atom is 0.203 e. The van der Waals surface area contributed by atoms with Crippen LogP contribution in [0.15, 0.2) is 199 Å². The Kier molecular flexibility index (Phi) is 6.93. The summed E-state index contributed by atoms with van der Waals surface area (Å²) in [5, 5.41) is 9.35. The number of rotatable bonds is 4. The SMILES string of the molecule is CN1C2=c3c(cccc3=NC1n1c3ccccc3c3cc(-c4ccc5c(c4)c4cc6ccccc6cc4n5-c4ccc(-c5ccccc5)cc4)ccc31)Oc1ccccc12. The van der Waals surface area contributed by atoms with Crippen molar-refractivity contribution in [3.63, 3.8) is 0 Å². The van der Waals surface area contributed by atoms with Crippen LogP contribution in [0.25, 0.3) is 88.0 Å². The van der Waals surface area contributed by atoms with Gasteiger partial charge in [0.05, 0.1) is 38.3 Å². The second kappa shape index (κ2) is 12.6. The minimum absolute atomic E-state index is 0.304. The van der Waals surface area contributed by atoms with Gasteiger partial charge >= 0.3 is 0 Å². The first-order chi connectivity index (χ1) is 29.7. The maximum atomic E-state index is 6.39. The number of aromatic nitrogens is 2. The Hall–Kier alpha value is -7.89. The van der Waals surface area contributed by atoms with Crippen molar-refractivity contribution in [1.82, 2.24) is 14.0 Å². The van der Waals surface area contributed by atoms with Gasteiger partial charge in [-0.15, -0.1) is 0 Å². The topological polar surface area (TPSA) is 34.7 Å². The van der Waals surface area contributed by atoms with Gasteiger partial charge in [-0.25, -0.2) is 4.99 Å². The van der Waals surface area contributed by atoms with Gasteiger partial charge in [-0.05, 0) is 112 Å². The second-order valence-electron chi connectivity index (χ2n) is 16.0. The van der Waals surface area contributed by atoms with E-state index in [1.54, 1.807) is 0 Å². The van der Waals surface area contributed by atoms with Crippen molar-refractivity contribution < 1.29 is 4.74 Å². The third-order valence-electron chi connectivity index (χ3n) is 12.7. The molecule has 0 saturated carbocycles. The molecule has 0 bridgehead atoms. The Morgan fingerprint density at radius 3 is 1.90 bits per heavy atom. The third-order valence-corrected chi connectivity index (χ3v) is 12.7. The molecule has 0 radical (unpaired) electrons. The summed E-state index contributed by atoms with van der Waals surface area (Å²) in [5.41, 5.74) is 12.8. The maximum absolute atomic E-state index is 6.39. The molecule has 0 saturated heterocycles. The van der Waals surface area contributed by atoms with Crippen LogP contribution in [-0.4, -0.2) is 21.1 Å². The van der Waals surface area contributed by atoms with E-state index in [1.807, 2.05) is 18.2 Å². The molecule has 0 N–H and O–H groups in total. The zero-order valence-electron chi connectivity index (χ0n) is 32.7. The largest absolute Gasteiger partial charge is 0.456 e. The molecule has 60 heavy (non-hydrogen) atoms. The van der Waals surface area contributed by atoms with Crippen molar-refractivity contribution in [3.05, 3.63) is 210 Å². The fraction of sp³-hybridized carbons (Fsp3) is 0.0364. The number of ether oxygens (including phenoxy) is 1. The molecule has 9 aromatic carbocycles. The average molecular weight is 769 g/mol. The quantitative estimate of drug-likeness (QED) is 0.179. The van der Waals surface area contributed by atoms with Crippen LogP contribution in [0.4, 0.5) is 0 Å². The van der Waals surface area contributed by atoms with Crippen LogP contribution in [0, 0.1) is 0 Å². The Morgan fingerprint density at radius 2 is 1.07 bits per heavy atom. The highest BCUT2D eigenvalue weighted by molar-refractivity contribution is 6.15. The molecule has 5 nitrogen and oxygen atoms in total. The van der Waals surface area contributed by atoms with Crippen LogP contribution in [0.3, 0.4) is 0 Å². The number of hydrogen-bond acceptors (Lipinski definition) is 3. The Morgan fingerprint density at radius 1 is 0.450 bits per heavy atom. The number of nitrogens with zero attached hydrogens (tertiary/aromatic N) is 4. The molecule has 2 aromatic heterocycles. The number of hydrogen-bond donors (Lipinski definition) is 0. The van der Waals surface area contributed by atoms with E-state index in [0.29, 0.717) is 0 Å². The molecule has 1 unspecified atom stereocenters. The Labute approximate surface area is 345 Å². The van der Waals surface area contributed by atoms with Gasteiger partial charge < -0.3 is 18.8 Å². The summed E-state index contributed by atoms with van der Waals surface area (Å²) >= 11 is 0. The highest BCUT2D eigenvalue weighted by Gasteiger charge is 2.31. The van der Waals surface area contributed by atoms with Crippen molar-refractivity contribution in [3.8, 4) is 39.4 Å². The van der Waals surface area contributed by atoms with E-state index in [0.717, 1.165) is 50.1 Å². The fourth-order valence-electron chi connectivity index (χ4n) is 9.91. The van der Waals surface area contributed by atoms with E-state index < -0.39 is 0 Å². The molecule has 0 aliphatic carbocycles. The number of para-hydroxylation sites is 2. The van der Waals surface area contributed by atoms with E-state index in [2.05, 4.69) is 197 Å². The van der Waals surface area contributed by atoms with Crippen LogP contribution >= 0.6 is 0 Å². The molecule has 0 fully saturated rings. The lowest BCUT2D eigenvalue weighted by Gasteiger charge is -2.36. The molecule has 2 aliphatic rings. The number of fused-ring (bicyclic) bond motifs is 9. The van der Waals surface area contributed by atoms with Gasteiger partial charge in [0.1, 0.15) is 11.5 Å². The van der Waals surface area contributed by atoms with Crippen molar-refractivity contribution in [1.29, 1.82) is 0 Å². The predicted molar refractivity (Wildman–Crippen MR) is 245 cm³/mol. The summed E-state index contributed by atoms with van der Waals surface area (Å²) in [6.07, 6.45) is -0.304. The Bertz CT molecular complexity index is 3710. The molecule has 282 valence electrons. The lowest BCUT2D eigenvalue weighted by atomic mass is 10.00. The Balaban J connectivity index is 0.977. The first-order valence-corrected chi connectivity index (χ1v) is 20.5. The minimum Gasteiger partial charge on any atom is -0.456 e. The molecular formula is C55H36N4O. The zero-order chi connectivity index (χ0) is 39.5. The van der Waals surface area contributed by atoms with Crippen LogP contribution in [0.5, 0.6) is 11.5 Å². The van der Waals surface area contributed by atoms with Gasteiger partial charge in [0, 0.05) is 39.8 Å². The second-order valence-corrected chi connectivity index (χ2v) is 16.0. The molecule has 13 rings (SSSR count). The summed E-state index contributed by atoms with van der Waals surface area (Å²) in [4.78, 5) is 7.75. The number of benzene rings is 9. The van der Waals surface area contributed by atoms with Crippen molar-refractivity contribution in [2.45, 2.75) is 6.29 Å².